The molecule has 1 fully saturated rings. The summed E-state index contributed by atoms with van der Waals surface area (Å²) in [6, 6.07) is 7.44. The van der Waals surface area contributed by atoms with Crippen LogP contribution in [0.5, 0.6) is 0 Å². The molecule has 6 heteroatoms. The van der Waals surface area contributed by atoms with E-state index < -0.39 is 5.97 Å². The fraction of sp³-hybridized carbons (Fsp3) is 0.429. The maximum absolute atomic E-state index is 12.0. The summed E-state index contributed by atoms with van der Waals surface area (Å²) in [5, 5.41) is 9.33. The minimum atomic E-state index is -0.832. The van der Waals surface area contributed by atoms with Gasteiger partial charge >= 0.3 is 5.97 Å². The smallest absolute Gasteiger partial charge is 0.304 e. The van der Waals surface area contributed by atoms with Crippen molar-refractivity contribution in [1.29, 1.82) is 0 Å². The lowest BCUT2D eigenvalue weighted by molar-refractivity contribution is -0.140. The highest BCUT2D eigenvalue weighted by Gasteiger charge is 2.23. The number of hydrogen-bond donors (Lipinski definition) is 1. The van der Waals surface area contributed by atoms with Crippen LogP contribution in [0.25, 0.3) is 0 Å². The molecule has 1 aliphatic heterocycles. The zero-order chi connectivity index (χ0) is 14.5. The van der Waals surface area contributed by atoms with Gasteiger partial charge in [-0.25, -0.2) is 0 Å². The molecule has 1 N–H and O–H groups in total. The Labute approximate surface area is 122 Å². The van der Waals surface area contributed by atoms with Crippen LogP contribution < -0.4 is 0 Å². The van der Waals surface area contributed by atoms with E-state index in [2.05, 4.69) is 0 Å². The van der Waals surface area contributed by atoms with Crippen molar-refractivity contribution in [2.75, 3.05) is 26.2 Å². The van der Waals surface area contributed by atoms with E-state index >= 15 is 0 Å². The number of carboxylic acid groups (broad SMARTS) is 1. The number of benzene rings is 1. The number of nitrogens with zero attached hydrogens (tertiary/aromatic N) is 2. The van der Waals surface area contributed by atoms with Gasteiger partial charge in [-0.1, -0.05) is 23.7 Å². The highest BCUT2D eigenvalue weighted by atomic mass is 35.5. The number of carbonyl (C=O) groups excluding carboxylic acids is 1. The molecule has 1 heterocycles. The van der Waals surface area contributed by atoms with Crippen LogP contribution in [0.15, 0.2) is 24.3 Å². The van der Waals surface area contributed by atoms with Crippen molar-refractivity contribution in [2.45, 2.75) is 13.0 Å². The zero-order valence-corrected chi connectivity index (χ0v) is 11.8. The van der Waals surface area contributed by atoms with Crippen LogP contribution in [0, 0.1) is 0 Å². The summed E-state index contributed by atoms with van der Waals surface area (Å²) in [7, 11) is 0. The third-order valence-corrected chi connectivity index (χ3v) is 3.58. The van der Waals surface area contributed by atoms with Gasteiger partial charge in [-0.2, -0.15) is 0 Å². The van der Waals surface area contributed by atoms with Crippen LogP contribution in [0.3, 0.4) is 0 Å². The second-order valence-corrected chi connectivity index (χ2v) is 5.30. The van der Waals surface area contributed by atoms with Crippen molar-refractivity contribution in [3.8, 4) is 0 Å². The van der Waals surface area contributed by atoms with Crippen LogP contribution in [0.1, 0.15) is 12.0 Å². The normalized spacial score (nSPS) is 16.4. The van der Waals surface area contributed by atoms with Gasteiger partial charge in [0.2, 0.25) is 5.91 Å². The number of aliphatic carboxylic acids is 1. The number of piperazine rings is 1. The Hall–Kier alpha value is -1.59. The Morgan fingerprint density at radius 1 is 1.25 bits per heavy atom. The van der Waals surface area contributed by atoms with E-state index in [1.807, 2.05) is 29.2 Å². The molecule has 1 aromatic carbocycles. The molecule has 1 aliphatic rings. The van der Waals surface area contributed by atoms with Crippen molar-refractivity contribution in [1.82, 2.24) is 9.80 Å². The van der Waals surface area contributed by atoms with Crippen LogP contribution in [0.4, 0.5) is 0 Å². The molecular formula is C14H17ClN2O3. The lowest BCUT2D eigenvalue weighted by Crippen LogP contribution is -2.50. The first kappa shape index (κ1) is 14.8. The number of carbonyl (C=O) groups is 2. The first-order valence-electron chi connectivity index (χ1n) is 6.51. The summed E-state index contributed by atoms with van der Waals surface area (Å²) >= 11 is 5.83. The number of carboxylic acids is 1. The quantitative estimate of drug-likeness (QED) is 0.893. The van der Waals surface area contributed by atoms with E-state index in [9.17, 15) is 9.59 Å². The summed E-state index contributed by atoms with van der Waals surface area (Å²) in [6.45, 7) is 2.63. The Morgan fingerprint density at radius 3 is 2.55 bits per heavy atom. The third kappa shape index (κ3) is 4.21. The fourth-order valence-corrected chi connectivity index (χ4v) is 2.31. The largest absolute Gasteiger partial charge is 0.481 e. The molecule has 5 nitrogen and oxygen atoms in total. The molecule has 1 aromatic rings. The Morgan fingerprint density at radius 2 is 1.95 bits per heavy atom. The van der Waals surface area contributed by atoms with Gasteiger partial charge in [-0.3, -0.25) is 14.5 Å². The lowest BCUT2D eigenvalue weighted by atomic mass is 10.2. The molecule has 0 aromatic heterocycles. The predicted molar refractivity (Wildman–Crippen MR) is 75.6 cm³/mol. The summed E-state index contributed by atoms with van der Waals surface area (Å²) in [5.41, 5.74) is 1.04. The molecule has 108 valence electrons. The lowest BCUT2D eigenvalue weighted by Gasteiger charge is -2.34. The molecule has 0 spiro atoms. The molecule has 2 rings (SSSR count). The van der Waals surface area contributed by atoms with Crippen LogP contribution in [0.2, 0.25) is 5.02 Å². The third-order valence-electron chi connectivity index (χ3n) is 3.33. The molecule has 0 unspecified atom stereocenters. The van der Waals surface area contributed by atoms with Gasteiger partial charge in [-0.05, 0) is 17.7 Å². The Kier molecular flexibility index (Phi) is 4.98. The van der Waals surface area contributed by atoms with Crippen molar-refractivity contribution >= 4 is 23.5 Å². The number of halogens is 1. The zero-order valence-electron chi connectivity index (χ0n) is 11.1. The molecule has 0 radical (unpaired) electrons. The maximum atomic E-state index is 12.0. The van der Waals surface area contributed by atoms with Crippen LogP contribution in [-0.2, 0) is 16.1 Å². The average molecular weight is 297 g/mol. The van der Waals surface area contributed by atoms with Gasteiger partial charge in [0, 0.05) is 31.2 Å². The standard InChI is InChI=1S/C14H17ClN2O3/c15-12-3-1-11(2-4-12)9-17-8-7-16(10-13(17)18)6-5-14(19)20/h1-4H,5-10H2,(H,19,20). The van der Waals surface area contributed by atoms with Gasteiger partial charge in [0.05, 0.1) is 13.0 Å². The predicted octanol–water partition coefficient (Wildman–Crippen LogP) is 1.46. The number of amides is 1. The molecule has 0 atom stereocenters. The van der Waals surface area contributed by atoms with Crippen LogP contribution >= 0.6 is 11.6 Å². The molecule has 1 amide bonds. The number of rotatable bonds is 5. The van der Waals surface area contributed by atoms with E-state index in [0.29, 0.717) is 37.7 Å². The van der Waals surface area contributed by atoms with E-state index in [4.69, 9.17) is 16.7 Å². The summed E-state index contributed by atoms with van der Waals surface area (Å²) < 4.78 is 0. The molecule has 0 saturated carbocycles. The minimum Gasteiger partial charge on any atom is -0.481 e. The summed E-state index contributed by atoms with van der Waals surface area (Å²) in [6.07, 6.45) is 0.0739. The Balaban J connectivity index is 1.85. The summed E-state index contributed by atoms with van der Waals surface area (Å²) in [5.74, 6) is -0.794. The summed E-state index contributed by atoms with van der Waals surface area (Å²) in [4.78, 5) is 26.2. The fourth-order valence-electron chi connectivity index (χ4n) is 2.18. The SMILES string of the molecule is O=C(O)CCN1CCN(Cc2ccc(Cl)cc2)C(=O)C1. The van der Waals surface area contributed by atoms with Gasteiger partial charge in [-0.15, -0.1) is 0 Å². The van der Waals surface area contributed by atoms with E-state index in [1.165, 1.54) is 0 Å². The molecule has 1 saturated heterocycles. The molecule has 0 bridgehead atoms. The minimum absolute atomic E-state index is 0.0385. The second-order valence-electron chi connectivity index (χ2n) is 4.86. The van der Waals surface area contributed by atoms with Crippen LogP contribution in [-0.4, -0.2) is 53.0 Å². The van der Waals surface area contributed by atoms with Gasteiger partial charge in [0.15, 0.2) is 0 Å². The molecule has 20 heavy (non-hydrogen) atoms. The topological polar surface area (TPSA) is 60.9 Å². The van der Waals surface area contributed by atoms with Gasteiger partial charge in [0.1, 0.15) is 0 Å². The van der Waals surface area contributed by atoms with Crippen molar-refractivity contribution < 1.29 is 14.7 Å². The average Bonchev–Trinajstić information content (AvgIpc) is 2.41. The van der Waals surface area contributed by atoms with Crippen molar-refractivity contribution in [2.24, 2.45) is 0 Å². The van der Waals surface area contributed by atoms with E-state index in [0.717, 1.165) is 5.56 Å². The maximum Gasteiger partial charge on any atom is 0.304 e. The first-order chi connectivity index (χ1) is 9.54. The molecule has 0 aliphatic carbocycles. The van der Waals surface area contributed by atoms with Gasteiger partial charge < -0.3 is 10.0 Å². The highest BCUT2D eigenvalue weighted by Crippen LogP contribution is 2.13. The first-order valence-corrected chi connectivity index (χ1v) is 6.89. The Bertz CT molecular complexity index is 490. The van der Waals surface area contributed by atoms with E-state index in [1.54, 1.807) is 4.90 Å². The monoisotopic (exact) mass is 296 g/mol. The van der Waals surface area contributed by atoms with Crippen molar-refractivity contribution in [3.63, 3.8) is 0 Å². The molecular weight excluding hydrogens is 280 g/mol. The number of hydrogen-bond acceptors (Lipinski definition) is 3. The highest BCUT2D eigenvalue weighted by molar-refractivity contribution is 6.30. The van der Waals surface area contributed by atoms with Gasteiger partial charge in [0.25, 0.3) is 0 Å². The van der Waals surface area contributed by atoms with E-state index in [-0.39, 0.29) is 12.3 Å². The van der Waals surface area contributed by atoms with Crippen molar-refractivity contribution in [3.05, 3.63) is 34.9 Å². The second kappa shape index (κ2) is 6.72.